The number of nitrogens with zero attached hydrogens (tertiary/aromatic N) is 2. The van der Waals surface area contributed by atoms with Crippen LogP contribution in [0.4, 0.5) is 0 Å². The van der Waals surface area contributed by atoms with Gasteiger partial charge in [0, 0.05) is 12.8 Å². The molecule has 1 saturated heterocycles. The number of carbonyl (C=O) groups excluding carboxylic acids is 1. The van der Waals surface area contributed by atoms with Crippen molar-refractivity contribution >= 4 is 11.9 Å². The van der Waals surface area contributed by atoms with Crippen LogP contribution in [0.15, 0.2) is 12.3 Å². The highest BCUT2D eigenvalue weighted by Crippen LogP contribution is 2.36. The lowest BCUT2D eigenvalue weighted by Gasteiger charge is -2.34. The fraction of sp³-hybridized carbons (Fsp3) is 0.714. The molecule has 0 spiro atoms. The van der Waals surface area contributed by atoms with E-state index in [1.807, 2.05) is 10.9 Å². The Morgan fingerprint density at radius 2 is 2.19 bits per heavy atom. The van der Waals surface area contributed by atoms with E-state index in [2.05, 4.69) is 19.9 Å². The lowest BCUT2D eigenvalue weighted by Crippen LogP contribution is -2.33. The van der Waals surface area contributed by atoms with Crippen molar-refractivity contribution in [1.82, 2.24) is 9.78 Å². The Hall–Kier alpha value is -1.46. The zero-order chi connectivity index (χ0) is 18.4. The molecule has 0 aliphatic carbocycles. The van der Waals surface area contributed by atoms with E-state index in [4.69, 9.17) is 14.6 Å². The minimum atomic E-state index is -0.214. The Bertz CT molecular complexity index is 631. The van der Waals surface area contributed by atoms with E-state index in [0.717, 1.165) is 62.7 Å². The summed E-state index contributed by atoms with van der Waals surface area (Å²) in [6.07, 6.45) is 14.5. The zero-order valence-corrected chi connectivity index (χ0v) is 16.2. The smallest absolute Gasteiger partial charge is 0.153 e. The molecule has 1 fully saturated rings. The van der Waals surface area contributed by atoms with Gasteiger partial charge in [-0.05, 0) is 50.2 Å². The number of rotatable bonds is 8. The standard InChI is InChI=1S/C21H32N2O3/c1-3-5-7-11-21(4-2)14-17(10-13-26-21)20-18(16-24)15-23(22-20)19-9-6-8-12-25-19/h14-16,19H,3-13H2,1-2H3. The lowest BCUT2D eigenvalue weighted by atomic mass is 9.87. The van der Waals surface area contributed by atoms with Gasteiger partial charge in [-0.1, -0.05) is 33.1 Å². The molecule has 2 unspecified atom stereocenters. The largest absolute Gasteiger partial charge is 0.371 e. The predicted molar refractivity (Wildman–Crippen MR) is 102 cm³/mol. The molecule has 5 heteroatoms. The first-order valence-corrected chi connectivity index (χ1v) is 10.2. The van der Waals surface area contributed by atoms with Crippen LogP contribution < -0.4 is 0 Å². The second-order valence-electron chi connectivity index (χ2n) is 7.50. The van der Waals surface area contributed by atoms with Crippen LogP contribution >= 0.6 is 0 Å². The fourth-order valence-electron chi connectivity index (χ4n) is 4.00. The minimum absolute atomic E-state index is 0.0443. The van der Waals surface area contributed by atoms with Gasteiger partial charge in [0.05, 0.1) is 23.5 Å². The van der Waals surface area contributed by atoms with Gasteiger partial charge in [0.15, 0.2) is 6.29 Å². The Morgan fingerprint density at radius 1 is 1.31 bits per heavy atom. The number of unbranched alkanes of at least 4 members (excludes halogenated alkanes) is 2. The summed E-state index contributed by atoms with van der Waals surface area (Å²) in [5.74, 6) is 0. The maximum absolute atomic E-state index is 11.7. The van der Waals surface area contributed by atoms with Crippen molar-refractivity contribution in [2.24, 2.45) is 0 Å². The van der Waals surface area contributed by atoms with E-state index in [1.54, 1.807) is 0 Å². The zero-order valence-electron chi connectivity index (χ0n) is 16.2. The van der Waals surface area contributed by atoms with E-state index in [1.165, 1.54) is 19.3 Å². The number of hydrogen-bond acceptors (Lipinski definition) is 4. The van der Waals surface area contributed by atoms with Crippen LogP contribution in [-0.2, 0) is 9.47 Å². The molecule has 0 radical (unpaired) electrons. The van der Waals surface area contributed by atoms with Gasteiger partial charge in [-0.15, -0.1) is 0 Å². The highest BCUT2D eigenvalue weighted by Gasteiger charge is 2.32. The van der Waals surface area contributed by atoms with Crippen LogP contribution in [0.1, 0.15) is 93.9 Å². The Kier molecular flexibility index (Phi) is 6.65. The number of ether oxygens (including phenoxy) is 2. The first-order chi connectivity index (χ1) is 12.7. The Labute approximate surface area is 156 Å². The summed E-state index contributed by atoms with van der Waals surface area (Å²) in [6.45, 7) is 5.86. The average Bonchev–Trinajstić information content (AvgIpc) is 3.14. The first kappa shape index (κ1) is 19.3. The summed E-state index contributed by atoms with van der Waals surface area (Å²) >= 11 is 0. The van der Waals surface area contributed by atoms with Gasteiger partial charge < -0.3 is 9.47 Å². The highest BCUT2D eigenvalue weighted by atomic mass is 16.5. The summed E-state index contributed by atoms with van der Waals surface area (Å²) < 4.78 is 13.9. The van der Waals surface area contributed by atoms with Crippen molar-refractivity contribution < 1.29 is 14.3 Å². The van der Waals surface area contributed by atoms with Gasteiger partial charge in [0.1, 0.15) is 6.23 Å². The molecule has 0 aromatic carbocycles. The maximum Gasteiger partial charge on any atom is 0.153 e. The van der Waals surface area contributed by atoms with E-state index in [9.17, 15) is 4.79 Å². The molecular weight excluding hydrogens is 328 g/mol. The molecule has 144 valence electrons. The molecular formula is C21H32N2O3. The summed E-state index contributed by atoms with van der Waals surface area (Å²) in [6, 6.07) is 0. The average molecular weight is 360 g/mol. The van der Waals surface area contributed by atoms with Gasteiger partial charge in [0.25, 0.3) is 0 Å². The molecule has 1 aromatic rings. The maximum atomic E-state index is 11.7. The predicted octanol–water partition coefficient (Wildman–Crippen LogP) is 4.93. The van der Waals surface area contributed by atoms with Gasteiger partial charge in [0.2, 0.25) is 0 Å². The van der Waals surface area contributed by atoms with E-state index in [0.29, 0.717) is 12.2 Å². The Balaban J connectivity index is 1.86. The van der Waals surface area contributed by atoms with E-state index in [-0.39, 0.29) is 11.8 Å². The van der Waals surface area contributed by atoms with E-state index >= 15 is 0 Å². The summed E-state index contributed by atoms with van der Waals surface area (Å²) in [7, 11) is 0. The van der Waals surface area contributed by atoms with Crippen molar-refractivity contribution in [3.63, 3.8) is 0 Å². The second kappa shape index (κ2) is 8.96. The fourth-order valence-corrected chi connectivity index (χ4v) is 4.00. The van der Waals surface area contributed by atoms with Crippen LogP contribution in [0.5, 0.6) is 0 Å². The molecule has 26 heavy (non-hydrogen) atoms. The third kappa shape index (κ3) is 4.26. The van der Waals surface area contributed by atoms with Crippen molar-refractivity contribution in [3.05, 3.63) is 23.5 Å². The topological polar surface area (TPSA) is 53.4 Å². The van der Waals surface area contributed by atoms with Crippen molar-refractivity contribution in [2.45, 2.75) is 83.5 Å². The SMILES string of the molecule is CCCCCC1(CC)C=C(c2nn(C3CCCCO3)cc2C=O)CCO1. The summed E-state index contributed by atoms with van der Waals surface area (Å²) in [5.41, 5.74) is 2.40. The third-order valence-corrected chi connectivity index (χ3v) is 5.64. The molecule has 5 nitrogen and oxygen atoms in total. The normalized spacial score (nSPS) is 26.5. The van der Waals surface area contributed by atoms with Crippen LogP contribution in [0.2, 0.25) is 0 Å². The van der Waals surface area contributed by atoms with E-state index < -0.39 is 0 Å². The van der Waals surface area contributed by atoms with Crippen molar-refractivity contribution in [1.29, 1.82) is 0 Å². The summed E-state index contributed by atoms with van der Waals surface area (Å²) in [5, 5.41) is 4.76. The van der Waals surface area contributed by atoms with Crippen LogP contribution in [0.3, 0.4) is 0 Å². The molecule has 1 aromatic heterocycles. The molecule has 2 aliphatic rings. The lowest BCUT2D eigenvalue weighted by molar-refractivity contribution is -0.0396. The second-order valence-corrected chi connectivity index (χ2v) is 7.50. The Morgan fingerprint density at radius 3 is 2.88 bits per heavy atom. The van der Waals surface area contributed by atoms with Gasteiger partial charge in [-0.2, -0.15) is 5.10 Å². The first-order valence-electron chi connectivity index (χ1n) is 10.2. The molecule has 3 heterocycles. The van der Waals surface area contributed by atoms with Crippen molar-refractivity contribution in [2.75, 3.05) is 13.2 Å². The third-order valence-electron chi connectivity index (χ3n) is 5.64. The summed E-state index contributed by atoms with van der Waals surface area (Å²) in [4.78, 5) is 11.7. The van der Waals surface area contributed by atoms with Crippen molar-refractivity contribution in [3.8, 4) is 0 Å². The minimum Gasteiger partial charge on any atom is -0.371 e. The number of aldehydes is 1. The number of hydrogen-bond donors (Lipinski definition) is 0. The van der Waals surface area contributed by atoms with Crippen LogP contribution in [-0.4, -0.2) is 34.9 Å². The molecule has 0 bridgehead atoms. The highest BCUT2D eigenvalue weighted by molar-refractivity contribution is 5.84. The molecule has 0 amide bonds. The van der Waals surface area contributed by atoms with Gasteiger partial charge >= 0.3 is 0 Å². The number of carbonyl (C=O) groups is 1. The monoisotopic (exact) mass is 360 g/mol. The quantitative estimate of drug-likeness (QED) is 0.487. The van der Waals surface area contributed by atoms with Gasteiger partial charge in [-0.3, -0.25) is 4.79 Å². The molecule has 2 atom stereocenters. The van der Waals surface area contributed by atoms with Crippen LogP contribution in [0, 0.1) is 0 Å². The number of aromatic nitrogens is 2. The molecule has 0 saturated carbocycles. The molecule has 3 rings (SSSR count). The molecule has 2 aliphatic heterocycles. The molecule has 0 N–H and O–H groups in total. The van der Waals surface area contributed by atoms with Crippen LogP contribution in [0.25, 0.3) is 5.57 Å². The van der Waals surface area contributed by atoms with Gasteiger partial charge in [-0.25, -0.2) is 4.68 Å².